The van der Waals surface area contributed by atoms with Crippen LogP contribution >= 0.6 is 0 Å². The smallest absolute Gasteiger partial charge is 0.266 e. The van der Waals surface area contributed by atoms with Gasteiger partial charge in [-0.2, -0.15) is 5.26 Å². The molecule has 1 aliphatic rings. The standard InChI is InChI=1S/C18H11FN6O2/c19-10-2-4-14-12(6-10)15(26)16-24-13-3-1-9(7-22-18(21)23-8-20)5-11(13)17(27)25(14)16/h1-6H,7H2,(H3,21,22,23). The lowest BCUT2D eigenvalue weighted by Crippen LogP contribution is -2.30. The van der Waals surface area contributed by atoms with E-state index in [1.807, 2.05) is 0 Å². The first kappa shape index (κ1) is 16.4. The summed E-state index contributed by atoms with van der Waals surface area (Å²) >= 11 is 0. The maximum Gasteiger partial charge on any atom is 0.266 e. The molecule has 3 aromatic rings. The second-order valence-electron chi connectivity index (χ2n) is 5.87. The Morgan fingerprint density at radius 3 is 2.89 bits per heavy atom. The zero-order valence-electron chi connectivity index (χ0n) is 13.7. The zero-order chi connectivity index (χ0) is 19.1. The van der Waals surface area contributed by atoms with Gasteiger partial charge in [0.25, 0.3) is 5.56 Å². The van der Waals surface area contributed by atoms with Crippen molar-refractivity contribution in [1.29, 1.82) is 5.26 Å². The van der Waals surface area contributed by atoms with Gasteiger partial charge in [-0.15, -0.1) is 4.99 Å². The highest BCUT2D eigenvalue weighted by atomic mass is 19.1. The first-order valence-electron chi connectivity index (χ1n) is 7.86. The molecule has 0 saturated heterocycles. The first-order valence-corrected chi connectivity index (χ1v) is 7.86. The number of rotatable bonds is 2. The number of benzene rings is 2. The van der Waals surface area contributed by atoms with E-state index >= 15 is 0 Å². The van der Waals surface area contributed by atoms with Gasteiger partial charge in [0.05, 0.1) is 22.2 Å². The maximum absolute atomic E-state index is 13.5. The molecule has 9 heteroatoms. The number of carbonyl (C=O) groups is 1. The molecule has 2 heterocycles. The normalized spacial score (nSPS) is 12.6. The van der Waals surface area contributed by atoms with E-state index in [2.05, 4.69) is 15.3 Å². The third-order valence-corrected chi connectivity index (χ3v) is 4.22. The van der Waals surface area contributed by atoms with Crippen molar-refractivity contribution in [3.63, 3.8) is 0 Å². The van der Waals surface area contributed by atoms with Gasteiger partial charge >= 0.3 is 0 Å². The van der Waals surface area contributed by atoms with Crippen LogP contribution in [-0.4, -0.2) is 21.3 Å². The Morgan fingerprint density at radius 2 is 2.11 bits per heavy atom. The van der Waals surface area contributed by atoms with Crippen LogP contribution in [0.2, 0.25) is 0 Å². The molecule has 0 unspecified atom stereocenters. The Hall–Kier alpha value is -4.06. The molecule has 0 spiro atoms. The van der Waals surface area contributed by atoms with E-state index in [-0.39, 0.29) is 23.9 Å². The number of ketones is 1. The summed E-state index contributed by atoms with van der Waals surface area (Å²) in [6.45, 7) is 0.245. The summed E-state index contributed by atoms with van der Waals surface area (Å²) in [5.74, 6) is -1.13. The highest BCUT2D eigenvalue weighted by Gasteiger charge is 2.30. The van der Waals surface area contributed by atoms with E-state index < -0.39 is 17.2 Å². The van der Waals surface area contributed by atoms with Crippen LogP contribution < -0.4 is 16.6 Å². The van der Waals surface area contributed by atoms with Crippen LogP contribution in [0.1, 0.15) is 21.7 Å². The molecule has 0 fully saturated rings. The van der Waals surface area contributed by atoms with Crippen molar-refractivity contribution < 1.29 is 9.18 Å². The van der Waals surface area contributed by atoms with Crippen LogP contribution in [-0.2, 0) is 6.54 Å². The molecule has 27 heavy (non-hydrogen) atoms. The van der Waals surface area contributed by atoms with Gasteiger partial charge in [-0.3, -0.25) is 14.2 Å². The minimum absolute atomic E-state index is 0.0376. The fourth-order valence-corrected chi connectivity index (χ4v) is 3.01. The molecule has 4 rings (SSSR count). The van der Waals surface area contributed by atoms with Crippen LogP contribution in [0.3, 0.4) is 0 Å². The van der Waals surface area contributed by atoms with Gasteiger partial charge in [0, 0.05) is 6.54 Å². The third kappa shape index (κ3) is 2.60. The van der Waals surface area contributed by atoms with Crippen molar-refractivity contribution >= 4 is 22.6 Å². The molecular weight excluding hydrogens is 351 g/mol. The number of aromatic nitrogens is 2. The number of aliphatic imine (C=N–C) groups is 1. The molecule has 0 saturated carbocycles. The van der Waals surface area contributed by atoms with Crippen LogP contribution in [0.4, 0.5) is 4.39 Å². The fraction of sp³-hybridized carbons (Fsp3) is 0.0556. The summed E-state index contributed by atoms with van der Waals surface area (Å²) in [5, 5.41) is 11.5. The molecule has 1 aromatic heterocycles. The molecule has 0 amide bonds. The molecule has 132 valence electrons. The number of carbonyl (C=O) groups excluding carboxylic acids is 1. The lowest BCUT2D eigenvalue weighted by molar-refractivity contribution is 0.103. The summed E-state index contributed by atoms with van der Waals surface area (Å²) in [7, 11) is 0. The Bertz CT molecular complexity index is 1260. The summed E-state index contributed by atoms with van der Waals surface area (Å²) in [6, 6.07) is 8.63. The second-order valence-corrected chi connectivity index (χ2v) is 5.87. The highest BCUT2D eigenvalue weighted by molar-refractivity contribution is 6.13. The van der Waals surface area contributed by atoms with Crippen molar-refractivity contribution in [3.8, 4) is 11.9 Å². The zero-order valence-corrected chi connectivity index (χ0v) is 13.7. The predicted octanol–water partition coefficient (Wildman–Crippen LogP) is 0.955. The number of fused-ring (bicyclic) bond motifs is 4. The van der Waals surface area contributed by atoms with Gasteiger partial charge in [0.15, 0.2) is 5.82 Å². The number of nitrogens with two attached hydrogens (primary N) is 1. The number of guanidine groups is 1. The van der Waals surface area contributed by atoms with Crippen LogP contribution in [0.5, 0.6) is 0 Å². The molecule has 2 aromatic carbocycles. The van der Waals surface area contributed by atoms with E-state index in [9.17, 15) is 14.0 Å². The topological polar surface area (TPSA) is 126 Å². The summed E-state index contributed by atoms with van der Waals surface area (Å²) in [6.07, 6.45) is 1.57. The van der Waals surface area contributed by atoms with E-state index in [4.69, 9.17) is 11.0 Å². The largest absolute Gasteiger partial charge is 0.369 e. The van der Waals surface area contributed by atoms with E-state index in [0.717, 1.165) is 6.07 Å². The Labute approximate surface area is 151 Å². The lowest BCUT2D eigenvalue weighted by Gasteiger charge is -2.08. The molecule has 1 aliphatic heterocycles. The molecule has 0 aliphatic carbocycles. The monoisotopic (exact) mass is 362 g/mol. The van der Waals surface area contributed by atoms with Gasteiger partial charge in [0.2, 0.25) is 17.9 Å². The Morgan fingerprint density at radius 1 is 1.30 bits per heavy atom. The number of nitriles is 1. The van der Waals surface area contributed by atoms with Crippen LogP contribution in [0, 0.1) is 17.3 Å². The molecular formula is C18H11FN6O2. The Kier molecular flexibility index (Phi) is 3.67. The van der Waals surface area contributed by atoms with Gasteiger partial charge < -0.3 is 11.1 Å². The fourth-order valence-electron chi connectivity index (χ4n) is 3.01. The van der Waals surface area contributed by atoms with Crippen molar-refractivity contribution in [3.05, 3.63) is 69.5 Å². The maximum atomic E-state index is 13.5. The number of nitrogens with zero attached hydrogens (tertiary/aromatic N) is 4. The minimum atomic E-state index is -0.558. The van der Waals surface area contributed by atoms with Crippen LogP contribution in [0.25, 0.3) is 16.6 Å². The second kappa shape index (κ2) is 6.03. The average molecular weight is 362 g/mol. The van der Waals surface area contributed by atoms with Crippen molar-refractivity contribution in [2.24, 2.45) is 10.7 Å². The van der Waals surface area contributed by atoms with E-state index in [1.54, 1.807) is 24.4 Å². The molecule has 3 N–H and O–H groups in total. The van der Waals surface area contributed by atoms with Gasteiger partial charge in [-0.25, -0.2) is 9.37 Å². The first-order chi connectivity index (χ1) is 13.0. The lowest BCUT2D eigenvalue weighted by atomic mass is 10.1. The predicted molar refractivity (Wildman–Crippen MR) is 94.8 cm³/mol. The number of halogens is 1. The number of hydrogen-bond acceptors (Lipinski definition) is 5. The molecule has 0 radical (unpaired) electrons. The van der Waals surface area contributed by atoms with Crippen molar-refractivity contribution in [2.75, 3.05) is 0 Å². The van der Waals surface area contributed by atoms with Gasteiger partial charge in [0.1, 0.15) is 5.82 Å². The summed E-state index contributed by atoms with van der Waals surface area (Å²) in [4.78, 5) is 33.1. The highest BCUT2D eigenvalue weighted by Crippen LogP contribution is 2.27. The third-order valence-electron chi connectivity index (χ3n) is 4.22. The van der Waals surface area contributed by atoms with Crippen molar-refractivity contribution in [2.45, 2.75) is 6.54 Å². The number of nitrogens with one attached hydrogen (secondary N) is 1. The van der Waals surface area contributed by atoms with Gasteiger partial charge in [-0.05, 0) is 35.9 Å². The SMILES string of the molecule is N#CN=C(N)NCc1ccc2nc3n(c(=O)c2c1)-c1ccc(F)cc1C3=O. The Balaban J connectivity index is 1.84. The molecule has 8 nitrogen and oxygen atoms in total. The van der Waals surface area contributed by atoms with E-state index in [1.165, 1.54) is 16.7 Å². The minimum Gasteiger partial charge on any atom is -0.369 e. The van der Waals surface area contributed by atoms with E-state index in [0.29, 0.717) is 22.2 Å². The van der Waals surface area contributed by atoms with Gasteiger partial charge in [-0.1, -0.05) is 6.07 Å². The average Bonchev–Trinajstić information content (AvgIpc) is 2.93. The van der Waals surface area contributed by atoms with Crippen LogP contribution in [0.15, 0.2) is 46.2 Å². The molecule has 0 atom stereocenters. The molecule has 0 bridgehead atoms. The number of hydrogen-bond donors (Lipinski definition) is 2. The van der Waals surface area contributed by atoms with Crippen molar-refractivity contribution in [1.82, 2.24) is 14.9 Å². The summed E-state index contributed by atoms with van der Waals surface area (Å²) < 4.78 is 14.7. The quantitative estimate of drug-likeness (QED) is 0.311. The summed E-state index contributed by atoms with van der Waals surface area (Å²) in [5.41, 5.74) is 6.56.